The molecule has 1 saturated heterocycles. The number of carbonyl (C=O) groups excluding carboxylic acids is 1. The first-order valence-corrected chi connectivity index (χ1v) is 8.09. The molecule has 2 aromatic rings. The van der Waals surface area contributed by atoms with Gasteiger partial charge in [-0.1, -0.05) is 0 Å². The van der Waals surface area contributed by atoms with Crippen LogP contribution in [0.1, 0.15) is 28.3 Å². The van der Waals surface area contributed by atoms with Gasteiger partial charge in [0, 0.05) is 23.8 Å². The summed E-state index contributed by atoms with van der Waals surface area (Å²) in [5.41, 5.74) is 1.73. The molecule has 0 N–H and O–H groups in total. The number of thiazole rings is 1. The van der Waals surface area contributed by atoms with Crippen molar-refractivity contribution in [3.05, 3.63) is 39.9 Å². The van der Waals surface area contributed by atoms with Crippen molar-refractivity contribution in [3.63, 3.8) is 0 Å². The maximum absolute atomic E-state index is 12.4. The van der Waals surface area contributed by atoms with Crippen LogP contribution in [0.2, 0.25) is 0 Å². The third-order valence-corrected chi connectivity index (χ3v) is 4.34. The molecular formula is C15H18N4O2S. The van der Waals surface area contributed by atoms with Crippen LogP contribution < -0.4 is 0 Å². The molecule has 0 aliphatic carbocycles. The third kappa shape index (κ3) is 3.48. The number of aromatic nitrogens is 3. The Morgan fingerprint density at radius 2 is 2.32 bits per heavy atom. The Balaban J connectivity index is 1.66. The molecule has 3 rings (SSSR count). The monoisotopic (exact) mass is 318 g/mol. The van der Waals surface area contributed by atoms with E-state index in [4.69, 9.17) is 4.74 Å². The number of hydrogen-bond acceptors (Lipinski definition) is 6. The molecule has 1 fully saturated rings. The molecule has 0 spiro atoms. The number of rotatable bonds is 3. The van der Waals surface area contributed by atoms with E-state index in [1.165, 1.54) is 0 Å². The minimum absolute atomic E-state index is 0.0752. The predicted octanol–water partition coefficient (Wildman–Crippen LogP) is 1.69. The van der Waals surface area contributed by atoms with E-state index in [1.807, 2.05) is 30.2 Å². The van der Waals surface area contributed by atoms with Gasteiger partial charge in [0.25, 0.3) is 0 Å². The second-order valence-corrected chi connectivity index (χ2v) is 6.35. The van der Waals surface area contributed by atoms with E-state index >= 15 is 0 Å². The van der Waals surface area contributed by atoms with E-state index in [2.05, 4.69) is 15.0 Å². The van der Waals surface area contributed by atoms with Crippen molar-refractivity contribution >= 4 is 17.2 Å². The minimum atomic E-state index is -0.255. The topological polar surface area (TPSA) is 68.2 Å². The molecule has 3 heterocycles. The van der Waals surface area contributed by atoms with Gasteiger partial charge in [-0.15, -0.1) is 11.3 Å². The van der Waals surface area contributed by atoms with Gasteiger partial charge >= 0.3 is 0 Å². The van der Waals surface area contributed by atoms with Crippen molar-refractivity contribution in [2.45, 2.75) is 26.4 Å². The normalized spacial score (nSPS) is 18.5. The summed E-state index contributed by atoms with van der Waals surface area (Å²) >= 11 is 1.57. The Labute approximate surface area is 133 Å². The first kappa shape index (κ1) is 15.1. The summed E-state index contributed by atoms with van der Waals surface area (Å²) in [5.74, 6) is 0.716. The maximum atomic E-state index is 12.4. The lowest BCUT2D eigenvalue weighted by Crippen LogP contribution is -2.43. The highest BCUT2D eigenvalue weighted by molar-refractivity contribution is 7.09. The van der Waals surface area contributed by atoms with Gasteiger partial charge in [0.2, 0.25) is 5.91 Å². The Morgan fingerprint density at radius 1 is 1.45 bits per heavy atom. The van der Waals surface area contributed by atoms with Gasteiger partial charge in [-0.05, 0) is 19.9 Å². The molecule has 1 atom stereocenters. The number of ether oxygens (including phenoxy) is 1. The molecule has 1 aliphatic heterocycles. The third-order valence-electron chi connectivity index (χ3n) is 3.52. The van der Waals surface area contributed by atoms with Crippen LogP contribution in [0.3, 0.4) is 0 Å². The fourth-order valence-corrected chi connectivity index (χ4v) is 3.02. The lowest BCUT2D eigenvalue weighted by Gasteiger charge is -2.32. The molecule has 0 radical (unpaired) electrons. The SMILES string of the molecule is Cc1ccnc([C@H]2CN(C(=O)Cc3csc(C)n3)CCO2)n1. The highest BCUT2D eigenvalue weighted by Crippen LogP contribution is 2.20. The number of carbonyl (C=O) groups is 1. The summed E-state index contributed by atoms with van der Waals surface area (Å²) in [4.78, 5) is 27.2. The summed E-state index contributed by atoms with van der Waals surface area (Å²) in [6.07, 6.45) is 1.81. The zero-order valence-corrected chi connectivity index (χ0v) is 13.5. The summed E-state index contributed by atoms with van der Waals surface area (Å²) in [5, 5.41) is 2.92. The van der Waals surface area contributed by atoms with Crippen molar-refractivity contribution in [1.82, 2.24) is 19.9 Å². The molecule has 7 heteroatoms. The zero-order chi connectivity index (χ0) is 15.5. The molecular weight excluding hydrogens is 300 g/mol. The van der Waals surface area contributed by atoms with Gasteiger partial charge < -0.3 is 9.64 Å². The van der Waals surface area contributed by atoms with Crippen LogP contribution in [0.5, 0.6) is 0 Å². The van der Waals surface area contributed by atoms with E-state index in [0.29, 0.717) is 31.9 Å². The zero-order valence-electron chi connectivity index (χ0n) is 12.7. The van der Waals surface area contributed by atoms with Crippen molar-refractivity contribution in [2.24, 2.45) is 0 Å². The molecule has 2 aromatic heterocycles. The Kier molecular flexibility index (Phi) is 4.44. The Morgan fingerprint density at radius 3 is 3.05 bits per heavy atom. The van der Waals surface area contributed by atoms with Gasteiger partial charge in [0.1, 0.15) is 6.10 Å². The van der Waals surface area contributed by atoms with Gasteiger partial charge in [0.05, 0.1) is 30.3 Å². The average Bonchev–Trinajstić information content (AvgIpc) is 2.92. The first-order chi connectivity index (χ1) is 10.6. The molecule has 22 heavy (non-hydrogen) atoms. The lowest BCUT2D eigenvalue weighted by molar-refractivity contribution is -0.138. The summed E-state index contributed by atoms with van der Waals surface area (Å²) in [6, 6.07) is 1.85. The molecule has 1 amide bonds. The van der Waals surface area contributed by atoms with Crippen LogP contribution in [-0.4, -0.2) is 45.5 Å². The number of amides is 1. The van der Waals surface area contributed by atoms with Crippen molar-refractivity contribution in [2.75, 3.05) is 19.7 Å². The number of aryl methyl sites for hydroxylation is 2. The van der Waals surface area contributed by atoms with Crippen molar-refractivity contribution < 1.29 is 9.53 Å². The largest absolute Gasteiger partial charge is 0.367 e. The maximum Gasteiger partial charge on any atom is 0.228 e. The van der Waals surface area contributed by atoms with Gasteiger partial charge in [-0.3, -0.25) is 4.79 Å². The minimum Gasteiger partial charge on any atom is -0.367 e. The Bertz CT molecular complexity index is 673. The highest BCUT2D eigenvalue weighted by Gasteiger charge is 2.27. The fourth-order valence-electron chi connectivity index (χ4n) is 2.41. The second kappa shape index (κ2) is 6.50. The first-order valence-electron chi connectivity index (χ1n) is 7.22. The van der Waals surface area contributed by atoms with Gasteiger partial charge in [0.15, 0.2) is 5.82 Å². The van der Waals surface area contributed by atoms with Crippen LogP contribution in [-0.2, 0) is 16.0 Å². The van der Waals surface area contributed by atoms with E-state index in [0.717, 1.165) is 16.4 Å². The molecule has 0 saturated carbocycles. The number of hydrogen-bond donors (Lipinski definition) is 0. The van der Waals surface area contributed by atoms with Crippen molar-refractivity contribution in [3.8, 4) is 0 Å². The summed E-state index contributed by atoms with van der Waals surface area (Å²) in [6.45, 7) is 5.46. The van der Waals surface area contributed by atoms with Crippen LogP contribution in [0, 0.1) is 13.8 Å². The summed E-state index contributed by atoms with van der Waals surface area (Å²) in [7, 11) is 0. The van der Waals surface area contributed by atoms with Gasteiger partial charge in [-0.2, -0.15) is 0 Å². The smallest absolute Gasteiger partial charge is 0.228 e. The lowest BCUT2D eigenvalue weighted by atomic mass is 10.2. The fraction of sp³-hybridized carbons (Fsp3) is 0.467. The summed E-state index contributed by atoms with van der Waals surface area (Å²) < 4.78 is 5.72. The molecule has 6 nitrogen and oxygen atoms in total. The van der Waals surface area contributed by atoms with E-state index < -0.39 is 0 Å². The van der Waals surface area contributed by atoms with Crippen molar-refractivity contribution in [1.29, 1.82) is 0 Å². The van der Waals surface area contributed by atoms with Crippen LogP contribution in [0.25, 0.3) is 0 Å². The van der Waals surface area contributed by atoms with E-state index in [1.54, 1.807) is 17.5 Å². The van der Waals surface area contributed by atoms with E-state index in [9.17, 15) is 4.79 Å². The van der Waals surface area contributed by atoms with Gasteiger partial charge in [-0.25, -0.2) is 15.0 Å². The quantitative estimate of drug-likeness (QED) is 0.861. The van der Waals surface area contributed by atoms with Crippen LogP contribution in [0.4, 0.5) is 0 Å². The molecule has 0 aromatic carbocycles. The Hall–Kier alpha value is -1.86. The van der Waals surface area contributed by atoms with Crippen LogP contribution in [0.15, 0.2) is 17.6 Å². The number of nitrogens with zero attached hydrogens (tertiary/aromatic N) is 4. The predicted molar refractivity (Wildman–Crippen MR) is 82.6 cm³/mol. The van der Waals surface area contributed by atoms with E-state index in [-0.39, 0.29) is 12.0 Å². The molecule has 0 unspecified atom stereocenters. The molecule has 1 aliphatic rings. The second-order valence-electron chi connectivity index (χ2n) is 5.29. The highest BCUT2D eigenvalue weighted by atomic mass is 32.1. The standard InChI is InChI=1S/C15H18N4O2S/c1-10-3-4-16-15(17-10)13-8-19(5-6-21-13)14(20)7-12-9-22-11(2)18-12/h3-4,9,13H,5-8H2,1-2H3/t13-/m1/s1. The average molecular weight is 318 g/mol. The molecule has 0 bridgehead atoms. The number of morpholine rings is 1. The molecule has 116 valence electrons. The van der Waals surface area contributed by atoms with Crippen LogP contribution >= 0.6 is 11.3 Å².